The van der Waals surface area contributed by atoms with E-state index in [2.05, 4.69) is 4.98 Å². The summed E-state index contributed by atoms with van der Waals surface area (Å²) in [5.41, 5.74) is -0.794. The van der Waals surface area contributed by atoms with Crippen molar-refractivity contribution in [2.45, 2.75) is 0 Å². The van der Waals surface area contributed by atoms with Crippen molar-refractivity contribution in [1.29, 1.82) is 0 Å². The van der Waals surface area contributed by atoms with E-state index in [0.29, 0.717) is 0 Å². The van der Waals surface area contributed by atoms with E-state index < -0.39 is 28.8 Å². The number of nitrogens with zero attached hydrogens (tertiary/aromatic N) is 1. The molecule has 1 aromatic heterocycles. The van der Waals surface area contributed by atoms with Gasteiger partial charge in [0.25, 0.3) is 0 Å². The van der Waals surface area contributed by atoms with Crippen LogP contribution in [0.4, 0.5) is 8.78 Å². The van der Waals surface area contributed by atoms with Gasteiger partial charge in [0, 0.05) is 6.20 Å². The predicted molar refractivity (Wildman–Crippen MR) is 59.3 cm³/mol. The van der Waals surface area contributed by atoms with Crippen molar-refractivity contribution in [3.05, 3.63) is 65.5 Å². The Balaban J connectivity index is 2.39. The van der Waals surface area contributed by atoms with Gasteiger partial charge in [-0.2, -0.15) is 0 Å². The molecule has 1 aromatic carbocycles. The van der Waals surface area contributed by atoms with Gasteiger partial charge in [0.1, 0.15) is 5.82 Å². The maximum Gasteiger partial charge on any atom is 0.236 e. The Morgan fingerprint density at radius 3 is 2.11 bits per heavy atom. The summed E-state index contributed by atoms with van der Waals surface area (Å²) in [6, 6.07) is 6.13. The lowest BCUT2D eigenvalue weighted by Crippen LogP contribution is -2.17. The van der Waals surface area contributed by atoms with Crippen molar-refractivity contribution >= 4 is 11.6 Å². The molecule has 0 spiro atoms. The second-order valence-corrected chi connectivity index (χ2v) is 3.49. The summed E-state index contributed by atoms with van der Waals surface area (Å²) in [6.07, 6.45) is 2.01. The molecule has 0 atom stereocenters. The quantitative estimate of drug-likeness (QED) is 0.618. The highest BCUT2D eigenvalue weighted by Crippen LogP contribution is 2.13. The van der Waals surface area contributed by atoms with Crippen LogP contribution in [0.5, 0.6) is 0 Å². The number of carbonyl (C=O) groups excluding carboxylic acids is 2. The van der Waals surface area contributed by atoms with Crippen LogP contribution < -0.4 is 0 Å². The van der Waals surface area contributed by atoms with Gasteiger partial charge < -0.3 is 0 Å². The maximum absolute atomic E-state index is 13.3. The molecule has 0 unspecified atom stereocenters. The molecule has 18 heavy (non-hydrogen) atoms. The van der Waals surface area contributed by atoms with E-state index >= 15 is 0 Å². The smallest absolute Gasteiger partial charge is 0.236 e. The van der Waals surface area contributed by atoms with Crippen LogP contribution in [0, 0.1) is 11.6 Å². The third-order valence-corrected chi connectivity index (χ3v) is 2.34. The molecule has 0 fully saturated rings. The minimum atomic E-state index is -1.10. The molecule has 0 aliphatic heterocycles. The zero-order valence-corrected chi connectivity index (χ0v) is 9.06. The number of hydrogen-bond donors (Lipinski definition) is 0. The highest BCUT2D eigenvalue weighted by Gasteiger charge is 2.23. The van der Waals surface area contributed by atoms with Crippen LogP contribution in [0.1, 0.15) is 20.7 Å². The van der Waals surface area contributed by atoms with Crippen molar-refractivity contribution in [3.8, 4) is 0 Å². The number of ketones is 2. The Hall–Kier alpha value is -2.43. The summed E-state index contributed by atoms with van der Waals surface area (Å²) in [6.45, 7) is 0. The molecule has 0 saturated carbocycles. The molecule has 0 N–H and O–H groups in total. The van der Waals surface area contributed by atoms with Crippen LogP contribution in [0.25, 0.3) is 0 Å². The molecule has 1 heterocycles. The van der Waals surface area contributed by atoms with Crippen LogP contribution in [0.2, 0.25) is 0 Å². The zero-order valence-electron chi connectivity index (χ0n) is 9.06. The largest absolute Gasteiger partial charge is 0.285 e. The van der Waals surface area contributed by atoms with Gasteiger partial charge in [-0.15, -0.1) is 0 Å². The molecular formula is C13H7F2NO2. The number of pyridine rings is 1. The fraction of sp³-hybridized carbons (Fsp3) is 0. The SMILES string of the molecule is O=C(C(=O)c1ccncc1F)c1ccccc1F. The van der Waals surface area contributed by atoms with E-state index in [-0.39, 0.29) is 5.56 Å². The first-order valence-corrected chi connectivity index (χ1v) is 5.04. The lowest BCUT2D eigenvalue weighted by molar-refractivity contribution is 0.0811. The van der Waals surface area contributed by atoms with Crippen LogP contribution in [0.3, 0.4) is 0 Å². The Labute approximate surface area is 101 Å². The number of aromatic nitrogens is 1. The maximum atomic E-state index is 13.3. The van der Waals surface area contributed by atoms with Gasteiger partial charge in [0.2, 0.25) is 11.6 Å². The van der Waals surface area contributed by atoms with Gasteiger partial charge in [-0.1, -0.05) is 12.1 Å². The second kappa shape index (κ2) is 4.83. The Morgan fingerprint density at radius 1 is 0.889 bits per heavy atom. The summed E-state index contributed by atoms with van der Waals surface area (Å²) >= 11 is 0. The Kier molecular flexibility index (Phi) is 3.23. The van der Waals surface area contributed by atoms with Gasteiger partial charge in [-0.25, -0.2) is 8.78 Å². The van der Waals surface area contributed by atoms with Crippen LogP contribution >= 0.6 is 0 Å². The Morgan fingerprint density at radius 2 is 1.50 bits per heavy atom. The first-order chi connectivity index (χ1) is 8.61. The topological polar surface area (TPSA) is 47.0 Å². The molecule has 0 saturated heterocycles. The highest BCUT2D eigenvalue weighted by molar-refractivity contribution is 6.49. The molecule has 90 valence electrons. The summed E-state index contributed by atoms with van der Waals surface area (Å²) in [5, 5.41) is 0. The number of hydrogen-bond acceptors (Lipinski definition) is 3. The van der Waals surface area contributed by atoms with E-state index in [9.17, 15) is 18.4 Å². The lowest BCUT2D eigenvalue weighted by atomic mass is 10.0. The van der Waals surface area contributed by atoms with Gasteiger partial charge in [0.05, 0.1) is 17.3 Å². The number of rotatable bonds is 3. The monoisotopic (exact) mass is 247 g/mol. The van der Waals surface area contributed by atoms with Gasteiger partial charge in [-0.3, -0.25) is 14.6 Å². The average Bonchev–Trinajstić information content (AvgIpc) is 2.38. The minimum Gasteiger partial charge on any atom is -0.285 e. The standard InChI is InChI=1S/C13H7F2NO2/c14-10-4-2-1-3-8(10)12(17)13(18)9-5-6-16-7-11(9)15/h1-7H. The third kappa shape index (κ3) is 2.15. The van der Waals surface area contributed by atoms with Crippen molar-refractivity contribution in [3.63, 3.8) is 0 Å². The van der Waals surface area contributed by atoms with Crippen molar-refractivity contribution in [2.24, 2.45) is 0 Å². The average molecular weight is 247 g/mol. The molecule has 3 nitrogen and oxygen atoms in total. The Bertz CT molecular complexity index is 570. The summed E-state index contributed by atoms with van der Waals surface area (Å²) in [5.74, 6) is -3.91. The van der Waals surface area contributed by atoms with Gasteiger partial charge >= 0.3 is 0 Å². The normalized spacial score (nSPS) is 10.1. The summed E-state index contributed by atoms with van der Waals surface area (Å²) in [7, 11) is 0. The summed E-state index contributed by atoms with van der Waals surface area (Å²) < 4.78 is 26.6. The first kappa shape index (κ1) is 12.0. The molecule has 0 radical (unpaired) electrons. The van der Waals surface area contributed by atoms with E-state index in [4.69, 9.17) is 0 Å². The highest BCUT2D eigenvalue weighted by atomic mass is 19.1. The third-order valence-electron chi connectivity index (χ3n) is 2.34. The second-order valence-electron chi connectivity index (χ2n) is 3.49. The van der Waals surface area contributed by atoms with Crippen LogP contribution in [-0.4, -0.2) is 16.6 Å². The van der Waals surface area contributed by atoms with E-state index in [0.717, 1.165) is 18.3 Å². The number of carbonyl (C=O) groups is 2. The molecule has 0 aliphatic carbocycles. The van der Waals surface area contributed by atoms with Crippen molar-refractivity contribution in [2.75, 3.05) is 0 Å². The minimum absolute atomic E-state index is 0.376. The zero-order chi connectivity index (χ0) is 13.1. The van der Waals surface area contributed by atoms with Gasteiger partial charge in [0.15, 0.2) is 5.82 Å². The fourth-order valence-corrected chi connectivity index (χ4v) is 1.45. The molecular weight excluding hydrogens is 240 g/mol. The molecule has 2 rings (SSSR count). The molecule has 0 bridgehead atoms. The number of halogens is 2. The molecule has 0 amide bonds. The molecule has 0 aliphatic rings. The van der Waals surface area contributed by atoms with Crippen molar-refractivity contribution in [1.82, 2.24) is 4.98 Å². The first-order valence-electron chi connectivity index (χ1n) is 5.04. The fourth-order valence-electron chi connectivity index (χ4n) is 1.45. The van der Waals surface area contributed by atoms with Gasteiger partial charge in [-0.05, 0) is 18.2 Å². The van der Waals surface area contributed by atoms with Crippen LogP contribution in [0.15, 0.2) is 42.7 Å². The molecule has 2 aromatic rings. The van der Waals surface area contributed by atoms with E-state index in [1.807, 2.05) is 0 Å². The van der Waals surface area contributed by atoms with Crippen molar-refractivity contribution < 1.29 is 18.4 Å². The number of benzene rings is 1. The van der Waals surface area contributed by atoms with Crippen LogP contribution in [-0.2, 0) is 0 Å². The number of Topliss-reactive ketones (excluding diaryl/α,β-unsaturated/α-hetero) is 2. The summed E-state index contributed by atoms with van der Waals surface area (Å²) in [4.78, 5) is 26.9. The molecule has 5 heteroatoms. The predicted octanol–water partition coefficient (Wildman–Crippen LogP) is 2.43. The van der Waals surface area contributed by atoms with E-state index in [1.165, 1.54) is 24.4 Å². The van der Waals surface area contributed by atoms with E-state index in [1.54, 1.807) is 0 Å². The lowest BCUT2D eigenvalue weighted by Gasteiger charge is -2.02.